The van der Waals surface area contributed by atoms with Crippen LogP contribution in [0.4, 0.5) is 0 Å². The molecule has 0 saturated carbocycles. The molecular formula is C27H33ClO6. The van der Waals surface area contributed by atoms with Crippen molar-refractivity contribution in [2.75, 3.05) is 19.8 Å². The number of halogens is 1. The highest BCUT2D eigenvalue weighted by Gasteiger charge is 2.43. The Morgan fingerprint density at radius 2 is 1.74 bits per heavy atom. The molecule has 0 bridgehead atoms. The largest absolute Gasteiger partial charge is 0.490 e. The molecule has 0 unspecified atom stereocenters. The minimum atomic E-state index is -1.16. The number of ether oxygens (including phenoxy) is 3. The Morgan fingerprint density at radius 1 is 1.03 bits per heavy atom. The second-order valence-electron chi connectivity index (χ2n) is 8.48. The first-order valence-corrected chi connectivity index (χ1v) is 11.7. The highest BCUT2D eigenvalue weighted by molar-refractivity contribution is 6.31. The number of hydrogen-bond acceptors (Lipinski definition) is 6. The summed E-state index contributed by atoms with van der Waals surface area (Å²) in [6.45, 7) is 9.83. The molecule has 1 aliphatic heterocycles. The summed E-state index contributed by atoms with van der Waals surface area (Å²) >= 11 is 6.64. The number of aliphatic hydroxyl groups is 3. The molecule has 0 aliphatic carbocycles. The van der Waals surface area contributed by atoms with Crippen molar-refractivity contribution in [3.05, 3.63) is 89.0 Å². The lowest BCUT2D eigenvalue weighted by atomic mass is 9.84. The van der Waals surface area contributed by atoms with Gasteiger partial charge in [0, 0.05) is 10.9 Å². The molecule has 7 heteroatoms. The molecule has 0 aromatic heterocycles. The fraction of sp³-hybridized carbons (Fsp3) is 0.407. The minimum Gasteiger partial charge on any atom is -0.490 e. The summed E-state index contributed by atoms with van der Waals surface area (Å²) in [4.78, 5) is 0. The van der Waals surface area contributed by atoms with Crippen molar-refractivity contribution in [1.82, 2.24) is 0 Å². The van der Waals surface area contributed by atoms with Crippen molar-refractivity contribution in [3.63, 3.8) is 0 Å². The van der Waals surface area contributed by atoms with Crippen LogP contribution in [-0.2, 0) is 22.5 Å². The third-order valence-corrected chi connectivity index (χ3v) is 6.43. The van der Waals surface area contributed by atoms with E-state index in [2.05, 4.69) is 13.2 Å². The third-order valence-electron chi connectivity index (χ3n) is 6.08. The van der Waals surface area contributed by atoms with Crippen LogP contribution in [0, 0.1) is 5.92 Å². The van der Waals surface area contributed by atoms with E-state index in [9.17, 15) is 15.3 Å². The predicted octanol–water partition coefficient (Wildman–Crippen LogP) is 3.99. The third kappa shape index (κ3) is 6.27. The molecule has 0 radical (unpaired) electrons. The SMILES string of the molecule is C=CCOCc1cc(Cl)c(Cc2ccc(OCC=C)cc2)cc1[C@@H]1O[C@H](CO)[C@@H](C)[C@H](O)[C@H]1O. The van der Waals surface area contributed by atoms with Crippen LogP contribution in [0.1, 0.15) is 35.3 Å². The standard InChI is InChI=1S/C27H33ClO6/c1-4-10-32-16-20-14-23(28)19(12-18-6-8-21(9-7-18)33-11-5-2)13-22(20)27-26(31)25(30)17(3)24(15-29)34-27/h4-9,13-14,17,24-27,29-31H,1-2,10-12,15-16H2,3H3/t17-,24-,25+,26-,27+/m1/s1. The van der Waals surface area contributed by atoms with Crippen LogP contribution in [0.3, 0.4) is 0 Å². The van der Waals surface area contributed by atoms with Gasteiger partial charge in [0.1, 0.15) is 24.6 Å². The Bertz CT molecular complexity index is 958. The molecule has 2 aromatic carbocycles. The number of rotatable bonds is 11. The van der Waals surface area contributed by atoms with Crippen molar-refractivity contribution in [2.45, 2.75) is 44.4 Å². The average Bonchev–Trinajstić information content (AvgIpc) is 2.84. The molecule has 0 spiro atoms. The number of aliphatic hydroxyl groups excluding tert-OH is 3. The van der Waals surface area contributed by atoms with Crippen LogP contribution in [0.5, 0.6) is 5.75 Å². The van der Waals surface area contributed by atoms with Crippen LogP contribution in [0.2, 0.25) is 5.02 Å². The zero-order valence-electron chi connectivity index (χ0n) is 19.4. The van der Waals surface area contributed by atoms with Gasteiger partial charge in [0.05, 0.1) is 32.0 Å². The summed E-state index contributed by atoms with van der Waals surface area (Å²) < 4.78 is 17.2. The monoisotopic (exact) mass is 488 g/mol. The molecule has 0 amide bonds. The molecule has 184 valence electrons. The molecule has 1 fully saturated rings. The van der Waals surface area contributed by atoms with Crippen LogP contribution < -0.4 is 4.74 Å². The van der Waals surface area contributed by atoms with E-state index in [1.165, 1.54) is 0 Å². The molecule has 5 atom stereocenters. The van der Waals surface area contributed by atoms with E-state index in [0.717, 1.165) is 22.4 Å². The summed E-state index contributed by atoms with van der Waals surface area (Å²) in [5.41, 5.74) is 3.28. The first-order valence-electron chi connectivity index (χ1n) is 11.3. The summed E-state index contributed by atoms with van der Waals surface area (Å²) in [5.74, 6) is 0.340. The average molecular weight is 489 g/mol. The van der Waals surface area contributed by atoms with E-state index in [1.54, 1.807) is 19.1 Å². The maximum absolute atomic E-state index is 10.9. The quantitative estimate of drug-likeness (QED) is 0.327. The van der Waals surface area contributed by atoms with Gasteiger partial charge in [-0.1, -0.05) is 55.5 Å². The molecule has 1 aliphatic rings. The zero-order chi connectivity index (χ0) is 24.7. The second-order valence-corrected chi connectivity index (χ2v) is 8.89. The summed E-state index contributed by atoms with van der Waals surface area (Å²) in [5, 5.41) is 31.8. The van der Waals surface area contributed by atoms with Crippen molar-refractivity contribution in [3.8, 4) is 5.75 Å². The highest BCUT2D eigenvalue weighted by Crippen LogP contribution is 2.38. The fourth-order valence-electron chi connectivity index (χ4n) is 4.10. The fourth-order valence-corrected chi connectivity index (χ4v) is 4.36. The summed E-state index contributed by atoms with van der Waals surface area (Å²) in [6.07, 6.45) is 0.246. The van der Waals surface area contributed by atoms with Crippen molar-refractivity contribution in [2.24, 2.45) is 5.92 Å². The topological polar surface area (TPSA) is 88.4 Å². The summed E-state index contributed by atoms with van der Waals surface area (Å²) in [6, 6.07) is 11.4. The lowest BCUT2D eigenvalue weighted by molar-refractivity contribution is -0.207. The Morgan fingerprint density at radius 3 is 2.38 bits per heavy atom. The molecule has 34 heavy (non-hydrogen) atoms. The summed E-state index contributed by atoms with van der Waals surface area (Å²) in [7, 11) is 0. The lowest BCUT2D eigenvalue weighted by Crippen LogP contribution is -2.50. The van der Waals surface area contributed by atoms with Crippen LogP contribution in [0.25, 0.3) is 0 Å². The number of benzene rings is 2. The molecule has 1 saturated heterocycles. The van der Waals surface area contributed by atoms with Crippen LogP contribution in [-0.4, -0.2) is 53.5 Å². The number of hydrogen-bond donors (Lipinski definition) is 3. The van der Waals surface area contributed by atoms with Gasteiger partial charge < -0.3 is 29.5 Å². The van der Waals surface area contributed by atoms with E-state index in [4.69, 9.17) is 25.8 Å². The van der Waals surface area contributed by atoms with Gasteiger partial charge in [-0.3, -0.25) is 0 Å². The van der Waals surface area contributed by atoms with Gasteiger partial charge in [0.25, 0.3) is 0 Å². The van der Waals surface area contributed by atoms with Crippen molar-refractivity contribution < 1.29 is 29.5 Å². The Hall–Kier alpha value is -2.19. The van der Waals surface area contributed by atoms with Crippen molar-refractivity contribution in [1.29, 1.82) is 0 Å². The van der Waals surface area contributed by atoms with Gasteiger partial charge in [-0.05, 0) is 46.9 Å². The molecule has 3 N–H and O–H groups in total. The maximum atomic E-state index is 10.9. The minimum absolute atomic E-state index is 0.235. The first kappa shape index (κ1) is 26.4. The van der Waals surface area contributed by atoms with Crippen LogP contribution >= 0.6 is 11.6 Å². The Balaban J connectivity index is 1.93. The van der Waals surface area contributed by atoms with Crippen molar-refractivity contribution >= 4 is 11.6 Å². The second kappa shape index (κ2) is 12.5. The Kier molecular flexibility index (Phi) is 9.71. The van der Waals surface area contributed by atoms with E-state index < -0.39 is 30.3 Å². The predicted molar refractivity (Wildman–Crippen MR) is 132 cm³/mol. The van der Waals surface area contributed by atoms with E-state index in [0.29, 0.717) is 30.2 Å². The lowest BCUT2D eigenvalue weighted by Gasteiger charge is -2.42. The van der Waals surface area contributed by atoms with Gasteiger partial charge in [-0.15, -0.1) is 6.58 Å². The van der Waals surface area contributed by atoms with E-state index >= 15 is 0 Å². The van der Waals surface area contributed by atoms with Gasteiger partial charge in [0.2, 0.25) is 0 Å². The molecule has 3 rings (SSSR count). The smallest absolute Gasteiger partial charge is 0.119 e. The first-order chi connectivity index (χ1) is 16.4. The molecule has 6 nitrogen and oxygen atoms in total. The Labute approximate surface area is 206 Å². The molecule has 1 heterocycles. The molecule has 2 aromatic rings. The highest BCUT2D eigenvalue weighted by atomic mass is 35.5. The van der Waals surface area contributed by atoms with Crippen LogP contribution in [0.15, 0.2) is 61.7 Å². The normalized spacial score (nSPS) is 24.6. The zero-order valence-corrected chi connectivity index (χ0v) is 20.2. The van der Waals surface area contributed by atoms with Gasteiger partial charge in [-0.2, -0.15) is 0 Å². The van der Waals surface area contributed by atoms with Gasteiger partial charge in [0.15, 0.2) is 0 Å². The van der Waals surface area contributed by atoms with E-state index in [-0.39, 0.29) is 13.2 Å². The van der Waals surface area contributed by atoms with E-state index in [1.807, 2.05) is 36.4 Å². The van der Waals surface area contributed by atoms with Gasteiger partial charge >= 0.3 is 0 Å². The maximum Gasteiger partial charge on any atom is 0.119 e. The molecular weight excluding hydrogens is 456 g/mol. The van der Waals surface area contributed by atoms with Gasteiger partial charge in [-0.25, -0.2) is 0 Å².